The van der Waals surface area contributed by atoms with Crippen LogP contribution in [0.1, 0.15) is 29.9 Å². The molecule has 0 atom stereocenters. The first-order valence-electron chi connectivity index (χ1n) is 6.97. The average molecular weight is 272 g/mol. The Labute approximate surface area is 119 Å². The van der Waals surface area contributed by atoms with Crippen LogP contribution < -0.4 is 5.32 Å². The largest absolute Gasteiger partial charge is 0.361 e. The normalized spacial score (nSPS) is 10.4. The first-order valence-corrected chi connectivity index (χ1v) is 6.97. The van der Waals surface area contributed by atoms with Gasteiger partial charge in [-0.2, -0.15) is 0 Å². The molecule has 0 fully saturated rings. The van der Waals surface area contributed by atoms with E-state index >= 15 is 0 Å². The van der Waals surface area contributed by atoms with Crippen LogP contribution in [0.25, 0.3) is 0 Å². The molecule has 106 valence electrons. The van der Waals surface area contributed by atoms with E-state index in [9.17, 15) is 4.79 Å². The molecule has 4 nitrogen and oxygen atoms in total. The molecule has 20 heavy (non-hydrogen) atoms. The van der Waals surface area contributed by atoms with Crippen LogP contribution in [0.4, 0.5) is 0 Å². The summed E-state index contributed by atoms with van der Waals surface area (Å²) in [5.74, 6) is 0.976. The Hall–Kier alpha value is -2.10. The lowest BCUT2D eigenvalue weighted by Gasteiger charge is -2.04. The van der Waals surface area contributed by atoms with Gasteiger partial charge in [0.2, 0.25) is 5.91 Å². The zero-order valence-electron chi connectivity index (χ0n) is 11.8. The lowest BCUT2D eigenvalue weighted by molar-refractivity contribution is -0.121. The van der Waals surface area contributed by atoms with Gasteiger partial charge in [-0.05, 0) is 25.3 Å². The number of nitrogens with zero attached hydrogens (tertiary/aromatic N) is 1. The Morgan fingerprint density at radius 2 is 2.05 bits per heavy atom. The first kappa shape index (κ1) is 14.3. The molecular weight excluding hydrogens is 252 g/mol. The highest BCUT2D eigenvalue weighted by atomic mass is 16.5. The smallest absolute Gasteiger partial charge is 0.220 e. The summed E-state index contributed by atoms with van der Waals surface area (Å²) < 4.78 is 5.11. The van der Waals surface area contributed by atoms with Gasteiger partial charge in [0.15, 0.2) is 0 Å². The van der Waals surface area contributed by atoms with E-state index in [0.29, 0.717) is 13.0 Å². The average Bonchev–Trinajstić information content (AvgIpc) is 2.88. The molecule has 0 bridgehead atoms. The molecule has 2 aromatic rings. The fourth-order valence-corrected chi connectivity index (χ4v) is 2.02. The molecule has 4 heteroatoms. The van der Waals surface area contributed by atoms with Crippen LogP contribution in [0.5, 0.6) is 0 Å². The molecule has 2 rings (SSSR count). The highest BCUT2D eigenvalue weighted by molar-refractivity contribution is 5.76. The van der Waals surface area contributed by atoms with Gasteiger partial charge in [-0.15, -0.1) is 0 Å². The monoisotopic (exact) mass is 272 g/mol. The predicted octanol–water partition coefficient (Wildman–Crippen LogP) is 2.66. The number of nitrogens with one attached hydrogen (secondary N) is 1. The highest BCUT2D eigenvalue weighted by Crippen LogP contribution is 2.05. The van der Waals surface area contributed by atoms with Crippen molar-refractivity contribution in [2.24, 2.45) is 0 Å². The summed E-state index contributed by atoms with van der Waals surface area (Å²) in [7, 11) is 0. The highest BCUT2D eigenvalue weighted by Gasteiger charge is 2.03. The van der Waals surface area contributed by atoms with Crippen LogP contribution in [0, 0.1) is 6.92 Å². The van der Waals surface area contributed by atoms with E-state index in [0.717, 1.165) is 30.7 Å². The zero-order chi connectivity index (χ0) is 14.2. The molecule has 1 aromatic heterocycles. The van der Waals surface area contributed by atoms with Crippen LogP contribution in [-0.2, 0) is 17.6 Å². The van der Waals surface area contributed by atoms with Gasteiger partial charge in [0.25, 0.3) is 0 Å². The minimum absolute atomic E-state index is 0.0996. The Morgan fingerprint density at radius 1 is 1.25 bits per heavy atom. The fraction of sp³-hybridized carbons (Fsp3) is 0.375. The molecular formula is C16H20N2O2. The van der Waals surface area contributed by atoms with Crippen LogP contribution in [-0.4, -0.2) is 17.6 Å². The lowest BCUT2D eigenvalue weighted by Crippen LogP contribution is -2.24. The van der Waals surface area contributed by atoms with Gasteiger partial charge in [0.1, 0.15) is 5.76 Å². The van der Waals surface area contributed by atoms with E-state index in [1.807, 2.05) is 43.3 Å². The molecule has 0 spiro atoms. The van der Waals surface area contributed by atoms with Crippen molar-refractivity contribution in [2.45, 2.75) is 32.6 Å². The Balaban J connectivity index is 1.58. The number of carbonyl (C=O) groups is 1. The van der Waals surface area contributed by atoms with Gasteiger partial charge >= 0.3 is 0 Å². The summed E-state index contributed by atoms with van der Waals surface area (Å²) in [6.45, 7) is 2.58. The number of carbonyl (C=O) groups excluding carboxylic acids is 1. The molecule has 1 aromatic carbocycles. The first-order chi connectivity index (χ1) is 9.74. The quantitative estimate of drug-likeness (QED) is 0.788. The van der Waals surface area contributed by atoms with E-state index in [-0.39, 0.29) is 5.91 Å². The number of benzene rings is 1. The second kappa shape index (κ2) is 7.48. The number of hydrogen-bond acceptors (Lipinski definition) is 3. The van der Waals surface area contributed by atoms with Crippen molar-refractivity contribution in [3.05, 3.63) is 53.4 Å². The number of rotatable bonds is 7. The third-order valence-corrected chi connectivity index (χ3v) is 3.08. The Kier molecular flexibility index (Phi) is 5.35. The van der Waals surface area contributed by atoms with Crippen molar-refractivity contribution in [3.63, 3.8) is 0 Å². The summed E-state index contributed by atoms with van der Waals surface area (Å²) in [4.78, 5) is 11.7. The van der Waals surface area contributed by atoms with Gasteiger partial charge < -0.3 is 9.84 Å². The van der Waals surface area contributed by atoms with Crippen LogP contribution in [0.2, 0.25) is 0 Å². The van der Waals surface area contributed by atoms with E-state index in [4.69, 9.17) is 4.52 Å². The molecule has 0 radical (unpaired) electrons. The van der Waals surface area contributed by atoms with E-state index in [2.05, 4.69) is 10.5 Å². The SMILES string of the molecule is Cc1cc(CCCNC(=O)CCc2ccccc2)on1. The van der Waals surface area contributed by atoms with Crippen molar-refractivity contribution < 1.29 is 9.32 Å². The molecule has 0 saturated heterocycles. The lowest BCUT2D eigenvalue weighted by atomic mass is 10.1. The zero-order valence-corrected chi connectivity index (χ0v) is 11.8. The maximum atomic E-state index is 11.7. The number of amides is 1. The van der Waals surface area contributed by atoms with Gasteiger partial charge in [0.05, 0.1) is 5.69 Å². The summed E-state index contributed by atoms with van der Waals surface area (Å²) in [6.07, 6.45) is 2.99. The van der Waals surface area contributed by atoms with Crippen LogP contribution in [0.3, 0.4) is 0 Å². The van der Waals surface area contributed by atoms with E-state index < -0.39 is 0 Å². The molecule has 1 amide bonds. The summed E-state index contributed by atoms with van der Waals surface area (Å²) in [5.41, 5.74) is 2.09. The Bertz CT molecular complexity index is 534. The molecule has 0 saturated carbocycles. The van der Waals surface area contributed by atoms with Crippen molar-refractivity contribution in [1.29, 1.82) is 0 Å². The van der Waals surface area contributed by atoms with E-state index in [1.54, 1.807) is 0 Å². The molecule has 0 unspecified atom stereocenters. The van der Waals surface area contributed by atoms with Crippen molar-refractivity contribution >= 4 is 5.91 Å². The molecule has 0 aliphatic heterocycles. The van der Waals surface area contributed by atoms with E-state index in [1.165, 1.54) is 5.56 Å². The van der Waals surface area contributed by atoms with Crippen molar-refractivity contribution in [2.75, 3.05) is 6.54 Å². The van der Waals surface area contributed by atoms with Gasteiger partial charge in [0, 0.05) is 25.5 Å². The molecule has 0 aliphatic carbocycles. The molecule has 1 heterocycles. The van der Waals surface area contributed by atoms with Crippen LogP contribution >= 0.6 is 0 Å². The van der Waals surface area contributed by atoms with Gasteiger partial charge in [-0.3, -0.25) is 4.79 Å². The topological polar surface area (TPSA) is 55.1 Å². The number of aryl methyl sites for hydroxylation is 3. The predicted molar refractivity (Wildman–Crippen MR) is 77.3 cm³/mol. The van der Waals surface area contributed by atoms with Crippen molar-refractivity contribution in [3.8, 4) is 0 Å². The number of hydrogen-bond donors (Lipinski definition) is 1. The summed E-state index contributed by atoms with van der Waals surface area (Å²) >= 11 is 0. The third-order valence-electron chi connectivity index (χ3n) is 3.08. The number of aromatic nitrogens is 1. The second-order valence-electron chi connectivity index (χ2n) is 4.87. The second-order valence-corrected chi connectivity index (χ2v) is 4.87. The standard InChI is InChI=1S/C16H20N2O2/c1-13-12-15(20-18-13)8-5-11-17-16(19)10-9-14-6-3-2-4-7-14/h2-4,6-7,12H,5,8-11H2,1H3,(H,17,19). The third kappa shape index (κ3) is 4.88. The van der Waals surface area contributed by atoms with Crippen molar-refractivity contribution in [1.82, 2.24) is 10.5 Å². The molecule has 1 N–H and O–H groups in total. The summed E-state index contributed by atoms with van der Waals surface area (Å²) in [6, 6.07) is 12.0. The van der Waals surface area contributed by atoms with Crippen LogP contribution in [0.15, 0.2) is 40.9 Å². The Morgan fingerprint density at radius 3 is 2.75 bits per heavy atom. The maximum Gasteiger partial charge on any atom is 0.220 e. The minimum atomic E-state index is 0.0996. The molecule has 0 aliphatic rings. The minimum Gasteiger partial charge on any atom is -0.361 e. The summed E-state index contributed by atoms with van der Waals surface area (Å²) in [5, 5.41) is 6.76. The van der Waals surface area contributed by atoms with Gasteiger partial charge in [-0.25, -0.2) is 0 Å². The maximum absolute atomic E-state index is 11.7. The fourth-order valence-electron chi connectivity index (χ4n) is 2.02. The van der Waals surface area contributed by atoms with Gasteiger partial charge in [-0.1, -0.05) is 35.5 Å².